The Kier molecular flexibility index (Phi) is 4.24. The summed E-state index contributed by atoms with van der Waals surface area (Å²) in [5.41, 5.74) is 1.29. The predicted molar refractivity (Wildman–Crippen MR) is 102 cm³/mol. The van der Waals surface area contributed by atoms with E-state index in [0.717, 1.165) is 26.2 Å². The predicted octanol–water partition coefficient (Wildman–Crippen LogP) is 3.10. The number of fused-ring (bicyclic) bond motifs is 2. The number of aromatic nitrogens is 1. The molecular weight excluding hydrogens is 380 g/mol. The van der Waals surface area contributed by atoms with Crippen molar-refractivity contribution in [2.24, 2.45) is 0 Å². The maximum absolute atomic E-state index is 14.9. The van der Waals surface area contributed by atoms with E-state index in [2.05, 4.69) is 14.8 Å². The van der Waals surface area contributed by atoms with E-state index in [1.807, 2.05) is 7.05 Å². The summed E-state index contributed by atoms with van der Waals surface area (Å²) in [6.07, 6.45) is 0.0530. The molecule has 1 fully saturated rings. The Labute approximate surface area is 165 Å². The van der Waals surface area contributed by atoms with Crippen molar-refractivity contribution in [3.8, 4) is 5.75 Å². The first kappa shape index (κ1) is 18.1. The second kappa shape index (κ2) is 6.81. The molecule has 0 radical (unpaired) electrons. The van der Waals surface area contributed by atoms with E-state index in [-0.39, 0.29) is 29.2 Å². The van der Waals surface area contributed by atoms with Crippen LogP contribution in [0.2, 0.25) is 0 Å². The van der Waals surface area contributed by atoms with Gasteiger partial charge in [-0.05, 0) is 25.2 Å². The van der Waals surface area contributed by atoms with Gasteiger partial charge in [-0.15, -0.1) is 0 Å². The molecule has 29 heavy (non-hydrogen) atoms. The summed E-state index contributed by atoms with van der Waals surface area (Å²) in [6, 6.07) is 7.53. The summed E-state index contributed by atoms with van der Waals surface area (Å²) < 4.78 is 39.8. The molecule has 1 atom stereocenters. The monoisotopic (exact) mass is 399 g/mol. The molecule has 2 aliphatic heterocycles. The highest BCUT2D eigenvalue weighted by Gasteiger charge is 2.36. The van der Waals surface area contributed by atoms with E-state index >= 15 is 0 Å². The van der Waals surface area contributed by atoms with E-state index < -0.39 is 23.5 Å². The number of rotatable bonds is 2. The number of oxazole rings is 1. The summed E-state index contributed by atoms with van der Waals surface area (Å²) >= 11 is 0. The topological polar surface area (TPSA) is 58.8 Å². The fourth-order valence-electron chi connectivity index (χ4n) is 3.87. The molecular formula is C21H19F2N3O3. The summed E-state index contributed by atoms with van der Waals surface area (Å²) in [5.74, 6) is -2.22. The molecule has 0 aliphatic carbocycles. The number of hydrogen-bond acceptors (Lipinski definition) is 6. The lowest BCUT2D eigenvalue weighted by molar-refractivity contribution is -0.137. The molecule has 8 heteroatoms. The van der Waals surface area contributed by atoms with Gasteiger partial charge in [-0.3, -0.25) is 4.79 Å². The zero-order valence-corrected chi connectivity index (χ0v) is 15.8. The third kappa shape index (κ3) is 3.13. The van der Waals surface area contributed by atoms with Gasteiger partial charge in [-0.2, -0.15) is 0 Å². The molecule has 2 aliphatic rings. The van der Waals surface area contributed by atoms with Gasteiger partial charge in [0.15, 0.2) is 11.4 Å². The Morgan fingerprint density at radius 1 is 1.10 bits per heavy atom. The number of likely N-dealkylation sites (N-methyl/N-ethyl adjacent to an activating group) is 1. The Balaban J connectivity index is 1.46. The van der Waals surface area contributed by atoms with Crippen LogP contribution < -0.4 is 9.64 Å². The third-order valence-electron chi connectivity index (χ3n) is 5.60. The third-order valence-corrected chi connectivity index (χ3v) is 5.60. The maximum Gasteiger partial charge on any atom is 0.324 e. The summed E-state index contributed by atoms with van der Waals surface area (Å²) in [5, 5.41) is 0. The van der Waals surface area contributed by atoms with Crippen LogP contribution in [0.1, 0.15) is 17.4 Å². The van der Waals surface area contributed by atoms with E-state index in [4.69, 9.17) is 9.15 Å². The Morgan fingerprint density at radius 3 is 2.66 bits per heavy atom. The molecule has 1 saturated heterocycles. The first-order valence-electron chi connectivity index (χ1n) is 9.52. The van der Waals surface area contributed by atoms with Crippen molar-refractivity contribution in [3.63, 3.8) is 0 Å². The zero-order chi connectivity index (χ0) is 20.1. The SMILES string of the molecule is CN1CCN(c2cc(F)c3c(c2)OC(=O)C(c2nc4c(F)cccc4o2)C3)CC1. The minimum atomic E-state index is -0.918. The van der Waals surface area contributed by atoms with Crippen LogP contribution in [-0.2, 0) is 11.2 Å². The number of hydrogen-bond donors (Lipinski definition) is 0. The molecule has 0 N–H and O–H groups in total. The van der Waals surface area contributed by atoms with Crippen molar-refractivity contribution in [1.29, 1.82) is 0 Å². The number of ether oxygens (including phenoxy) is 1. The van der Waals surface area contributed by atoms with Crippen molar-refractivity contribution >= 4 is 22.8 Å². The molecule has 0 saturated carbocycles. The van der Waals surface area contributed by atoms with Gasteiger partial charge in [0.2, 0.25) is 5.89 Å². The van der Waals surface area contributed by atoms with E-state index in [9.17, 15) is 13.6 Å². The number of halogens is 2. The quantitative estimate of drug-likeness (QED) is 0.488. The molecule has 3 aromatic rings. The molecule has 2 aromatic carbocycles. The van der Waals surface area contributed by atoms with Crippen molar-refractivity contribution in [1.82, 2.24) is 9.88 Å². The lowest BCUT2D eigenvalue weighted by Crippen LogP contribution is -2.44. The van der Waals surface area contributed by atoms with Crippen LogP contribution in [0.4, 0.5) is 14.5 Å². The standard InChI is InChI=1S/C21H19F2N3O3/c1-25-5-7-26(8-6-25)12-9-16(23)13-11-14(21(27)29-18(13)10-12)20-24-19-15(22)3-2-4-17(19)28-20/h2-4,9-10,14H,5-8,11H2,1H3. The zero-order valence-electron chi connectivity index (χ0n) is 15.8. The number of carbonyl (C=O) groups excluding carboxylic acids is 1. The summed E-state index contributed by atoms with van der Waals surface area (Å²) in [7, 11) is 2.05. The van der Waals surface area contributed by atoms with Gasteiger partial charge < -0.3 is 19.0 Å². The molecule has 150 valence electrons. The normalized spacial score (nSPS) is 20.0. The van der Waals surface area contributed by atoms with Gasteiger partial charge in [-0.1, -0.05) is 6.07 Å². The highest BCUT2D eigenvalue weighted by Crippen LogP contribution is 2.38. The lowest BCUT2D eigenvalue weighted by atomic mass is 9.95. The number of para-hydroxylation sites is 1. The molecule has 0 bridgehead atoms. The van der Waals surface area contributed by atoms with Gasteiger partial charge in [0.1, 0.15) is 23.0 Å². The molecule has 5 rings (SSSR count). The highest BCUT2D eigenvalue weighted by atomic mass is 19.1. The highest BCUT2D eigenvalue weighted by molar-refractivity contribution is 5.84. The molecule has 3 heterocycles. The van der Waals surface area contributed by atoms with Crippen molar-refractivity contribution < 1.29 is 22.7 Å². The minimum Gasteiger partial charge on any atom is -0.440 e. The average Bonchev–Trinajstić information content (AvgIpc) is 3.13. The number of carbonyl (C=O) groups is 1. The van der Waals surface area contributed by atoms with Crippen molar-refractivity contribution in [2.75, 3.05) is 38.1 Å². The smallest absolute Gasteiger partial charge is 0.324 e. The molecule has 0 spiro atoms. The van der Waals surface area contributed by atoms with Crippen LogP contribution >= 0.6 is 0 Å². The molecule has 1 unspecified atom stereocenters. The Bertz CT molecular complexity index is 1110. The number of esters is 1. The van der Waals surface area contributed by atoms with E-state index in [0.29, 0.717) is 11.3 Å². The van der Waals surface area contributed by atoms with Crippen LogP contribution in [0.5, 0.6) is 5.75 Å². The second-order valence-electron chi connectivity index (χ2n) is 7.51. The maximum atomic E-state index is 14.9. The van der Waals surface area contributed by atoms with Gasteiger partial charge >= 0.3 is 5.97 Å². The summed E-state index contributed by atoms with van der Waals surface area (Å²) in [4.78, 5) is 21.0. The van der Waals surface area contributed by atoms with Crippen LogP contribution in [0.25, 0.3) is 11.1 Å². The van der Waals surface area contributed by atoms with Crippen LogP contribution in [0, 0.1) is 11.6 Å². The van der Waals surface area contributed by atoms with Crippen molar-refractivity contribution in [2.45, 2.75) is 12.3 Å². The fraction of sp³-hybridized carbons (Fsp3) is 0.333. The van der Waals surface area contributed by atoms with Crippen molar-refractivity contribution in [3.05, 3.63) is 53.4 Å². The van der Waals surface area contributed by atoms with E-state index in [1.165, 1.54) is 18.2 Å². The summed E-state index contributed by atoms with van der Waals surface area (Å²) in [6.45, 7) is 3.32. The van der Waals surface area contributed by atoms with Gasteiger partial charge in [0.25, 0.3) is 0 Å². The molecule has 6 nitrogen and oxygen atoms in total. The largest absolute Gasteiger partial charge is 0.440 e. The minimum absolute atomic E-state index is 0.0308. The Hall–Kier alpha value is -3.00. The number of piperazine rings is 1. The van der Waals surface area contributed by atoms with Crippen LogP contribution in [0.15, 0.2) is 34.7 Å². The first-order chi connectivity index (χ1) is 14.0. The lowest BCUT2D eigenvalue weighted by Gasteiger charge is -2.34. The molecule has 0 amide bonds. The fourth-order valence-corrected chi connectivity index (χ4v) is 3.87. The van der Waals surface area contributed by atoms with Gasteiger partial charge in [0.05, 0.1) is 0 Å². The first-order valence-corrected chi connectivity index (χ1v) is 9.52. The van der Waals surface area contributed by atoms with Gasteiger partial charge in [0, 0.05) is 49.9 Å². The molecule has 1 aromatic heterocycles. The van der Waals surface area contributed by atoms with Crippen LogP contribution in [0.3, 0.4) is 0 Å². The number of benzene rings is 2. The second-order valence-corrected chi connectivity index (χ2v) is 7.51. The van der Waals surface area contributed by atoms with Crippen LogP contribution in [-0.4, -0.2) is 49.1 Å². The number of anilines is 1. The average molecular weight is 399 g/mol. The number of nitrogens with zero attached hydrogens (tertiary/aromatic N) is 3. The Morgan fingerprint density at radius 2 is 1.90 bits per heavy atom. The van der Waals surface area contributed by atoms with Gasteiger partial charge in [-0.25, -0.2) is 13.8 Å². The van der Waals surface area contributed by atoms with E-state index in [1.54, 1.807) is 12.1 Å².